The van der Waals surface area contributed by atoms with Gasteiger partial charge in [0.15, 0.2) is 5.96 Å². The molecule has 0 saturated carbocycles. The van der Waals surface area contributed by atoms with E-state index >= 15 is 0 Å². The van der Waals surface area contributed by atoms with Crippen LogP contribution in [0.5, 0.6) is 0 Å². The molecular formula is C22H35N5O2. The van der Waals surface area contributed by atoms with Crippen molar-refractivity contribution in [2.24, 2.45) is 4.99 Å². The van der Waals surface area contributed by atoms with E-state index in [4.69, 9.17) is 4.74 Å². The topological polar surface area (TPSA) is 69.2 Å². The van der Waals surface area contributed by atoms with Crippen LogP contribution in [-0.4, -0.2) is 75.8 Å². The standard InChI is InChI=1S/C22H35N5O2/c1-26(2)21(28)16-24-22(23-15-20-12-6-7-14-29-20)25-18-9-8-13-27(17-18)19-10-4-3-5-11-19/h3-5,10-11,18,20H,6-9,12-17H2,1-2H3,(H2,23,24,25). The number of guanidine groups is 1. The number of likely N-dealkylation sites (N-methyl/N-ethyl adjacent to an activating group) is 1. The molecule has 2 saturated heterocycles. The number of piperidine rings is 1. The predicted octanol–water partition coefficient (Wildman–Crippen LogP) is 1.85. The first-order chi connectivity index (χ1) is 14.1. The zero-order chi connectivity index (χ0) is 20.5. The maximum absolute atomic E-state index is 12.0. The fraction of sp³-hybridized carbons (Fsp3) is 0.636. The van der Waals surface area contributed by atoms with Crippen LogP contribution in [0.1, 0.15) is 32.1 Å². The normalized spacial score (nSPS) is 22.8. The van der Waals surface area contributed by atoms with Crippen LogP contribution in [-0.2, 0) is 9.53 Å². The lowest BCUT2D eigenvalue weighted by Gasteiger charge is -2.35. The molecule has 0 spiro atoms. The molecule has 2 fully saturated rings. The largest absolute Gasteiger partial charge is 0.376 e. The number of carbonyl (C=O) groups excluding carboxylic acids is 1. The Bertz CT molecular complexity index is 658. The van der Waals surface area contributed by atoms with Gasteiger partial charge in [-0.15, -0.1) is 0 Å². The third kappa shape index (κ3) is 6.92. The second-order valence-electron chi connectivity index (χ2n) is 8.09. The molecule has 2 N–H and O–H groups in total. The quantitative estimate of drug-likeness (QED) is 0.562. The van der Waals surface area contributed by atoms with Crippen molar-refractivity contribution < 1.29 is 9.53 Å². The van der Waals surface area contributed by atoms with Gasteiger partial charge in [-0.2, -0.15) is 0 Å². The third-order valence-corrected chi connectivity index (χ3v) is 5.53. The number of nitrogens with zero attached hydrogens (tertiary/aromatic N) is 3. The molecule has 0 radical (unpaired) electrons. The van der Waals surface area contributed by atoms with Crippen molar-refractivity contribution in [1.82, 2.24) is 15.5 Å². The van der Waals surface area contributed by atoms with E-state index in [0.29, 0.717) is 5.96 Å². The van der Waals surface area contributed by atoms with Crippen molar-refractivity contribution in [2.45, 2.75) is 44.2 Å². The zero-order valence-corrected chi connectivity index (χ0v) is 17.8. The molecule has 1 aromatic carbocycles. The number of anilines is 1. The highest BCUT2D eigenvalue weighted by molar-refractivity contribution is 5.85. The van der Waals surface area contributed by atoms with Crippen LogP contribution in [0.25, 0.3) is 0 Å². The lowest BCUT2D eigenvalue weighted by atomic mass is 10.0. The van der Waals surface area contributed by atoms with Gasteiger partial charge in [0.25, 0.3) is 0 Å². The number of nitrogens with one attached hydrogen (secondary N) is 2. The summed E-state index contributed by atoms with van der Waals surface area (Å²) >= 11 is 0. The minimum atomic E-state index is -0.00503. The molecule has 0 aromatic heterocycles. The number of amides is 1. The molecule has 0 aliphatic carbocycles. The van der Waals surface area contributed by atoms with Crippen LogP contribution in [0.3, 0.4) is 0 Å². The Morgan fingerprint density at radius 3 is 2.76 bits per heavy atom. The van der Waals surface area contributed by atoms with Crippen LogP contribution < -0.4 is 15.5 Å². The smallest absolute Gasteiger partial charge is 0.243 e. The average Bonchev–Trinajstić information content (AvgIpc) is 2.77. The summed E-state index contributed by atoms with van der Waals surface area (Å²) in [4.78, 5) is 20.5. The molecule has 2 aliphatic rings. The van der Waals surface area contributed by atoms with E-state index in [2.05, 4.69) is 44.8 Å². The van der Waals surface area contributed by atoms with Gasteiger partial charge < -0.3 is 25.2 Å². The Kier molecular flexibility index (Phi) is 8.16. The Hall–Kier alpha value is -2.28. The second kappa shape index (κ2) is 11.0. The molecule has 3 rings (SSSR count). The lowest BCUT2D eigenvalue weighted by Crippen LogP contribution is -2.52. The monoisotopic (exact) mass is 401 g/mol. The summed E-state index contributed by atoms with van der Waals surface area (Å²) in [5.41, 5.74) is 1.25. The molecule has 1 aromatic rings. The van der Waals surface area contributed by atoms with E-state index in [1.165, 1.54) is 12.1 Å². The van der Waals surface area contributed by atoms with Crippen LogP contribution >= 0.6 is 0 Å². The number of ether oxygens (including phenoxy) is 1. The third-order valence-electron chi connectivity index (χ3n) is 5.53. The van der Waals surface area contributed by atoms with Crippen LogP contribution in [0, 0.1) is 0 Å². The molecule has 2 aliphatic heterocycles. The van der Waals surface area contributed by atoms with Gasteiger partial charge in [-0.25, -0.2) is 4.99 Å². The van der Waals surface area contributed by atoms with Gasteiger partial charge in [0, 0.05) is 52.1 Å². The highest BCUT2D eigenvalue weighted by Crippen LogP contribution is 2.19. The summed E-state index contributed by atoms with van der Waals surface area (Å²) in [5.74, 6) is 0.698. The maximum atomic E-state index is 12.0. The van der Waals surface area contributed by atoms with Gasteiger partial charge >= 0.3 is 0 Å². The van der Waals surface area contributed by atoms with E-state index in [0.717, 1.165) is 51.9 Å². The van der Waals surface area contributed by atoms with Crippen molar-refractivity contribution in [1.29, 1.82) is 0 Å². The Morgan fingerprint density at radius 1 is 1.21 bits per heavy atom. The fourth-order valence-electron chi connectivity index (χ4n) is 3.78. The number of hydrogen-bond donors (Lipinski definition) is 2. The van der Waals surface area contributed by atoms with Crippen molar-refractivity contribution in [2.75, 3.05) is 51.8 Å². The molecule has 7 heteroatoms. The molecule has 160 valence electrons. The van der Waals surface area contributed by atoms with Gasteiger partial charge in [-0.3, -0.25) is 4.79 Å². The first-order valence-electron chi connectivity index (χ1n) is 10.8. The van der Waals surface area contributed by atoms with Gasteiger partial charge in [0.05, 0.1) is 6.10 Å². The Balaban J connectivity index is 1.59. The van der Waals surface area contributed by atoms with E-state index in [-0.39, 0.29) is 24.6 Å². The van der Waals surface area contributed by atoms with Crippen LogP contribution in [0.15, 0.2) is 35.3 Å². The summed E-state index contributed by atoms with van der Waals surface area (Å²) in [6.07, 6.45) is 5.85. The zero-order valence-electron chi connectivity index (χ0n) is 17.8. The van der Waals surface area contributed by atoms with Crippen LogP contribution in [0.4, 0.5) is 5.69 Å². The number of benzene rings is 1. The molecule has 29 heavy (non-hydrogen) atoms. The summed E-state index contributed by atoms with van der Waals surface area (Å²) in [6, 6.07) is 10.8. The van der Waals surface area contributed by atoms with Crippen molar-refractivity contribution >= 4 is 17.6 Å². The highest BCUT2D eigenvalue weighted by atomic mass is 16.5. The predicted molar refractivity (Wildman–Crippen MR) is 117 cm³/mol. The molecule has 2 unspecified atom stereocenters. The SMILES string of the molecule is CN(C)C(=O)CN=C(NCC1CCCCO1)NC1CCCN(c2ccccc2)C1. The average molecular weight is 402 g/mol. The van der Waals surface area contributed by atoms with Gasteiger partial charge in [0.1, 0.15) is 6.54 Å². The van der Waals surface area contributed by atoms with Crippen molar-refractivity contribution in [3.63, 3.8) is 0 Å². The molecule has 1 amide bonds. The summed E-state index contributed by atoms with van der Waals surface area (Å²) < 4.78 is 5.83. The number of aliphatic imine (C=N–C) groups is 1. The van der Waals surface area contributed by atoms with Gasteiger partial charge in [-0.05, 0) is 44.2 Å². The number of rotatable bonds is 6. The van der Waals surface area contributed by atoms with E-state index in [9.17, 15) is 4.79 Å². The van der Waals surface area contributed by atoms with E-state index < -0.39 is 0 Å². The highest BCUT2D eigenvalue weighted by Gasteiger charge is 2.22. The fourth-order valence-corrected chi connectivity index (χ4v) is 3.78. The second-order valence-corrected chi connectivity index (χ2v) is 8.09. The first kappa shape index (κ1) is 21.4. The molecule has 2 atom stereocenters. The molecule has 7 nitrogen and oxygen atoms in total. The minimum absolute atomic E-state index is 0.00503. The van der Waals surface area contributed by atoms with Crippen molar-refractivity contribution in [3.8, 4) is 0 Å². The molecular weight excluding hydrogens is 366 g/mol. The molecule has 2 heterocycles. The summed E-state index contributed by atoms with van der Waals surface area (Å²) in [5, 5.41) is 6.97. The number of hydrogen-bond acceptors (Lipinski definition) is 4. The minimum Gasteiger partial charge on any atom is -0.376 e. The Morgan fingerprint density at radius 2 is 2.03 bits per heavy atom. The number of para-hydroxylation sites is 1. The Labute approximate surface area is 174 Å². The maximum Gasteiger partial charge on any atom is 0.243 e. The first-order valence-corrected chi connectivity index (χ1v) is 10.8. The number of carbonyl (C=O) groups is 1. The summed E-state index contributed by atoms with van der Waals surface area (Å²) in [7, 11) is 3.51. The van der Waals surface area contributed by atoms with E-state index in [1.54, 1.807) is 19.0 Å². The van der Waals surface area contributed by atoms with Crippen LogP contribution in [0.2, 0.25) is 0 Å². The van der Waals surface area contributed by atoms with E-state index in [1.807, 2.05) is 6.07 Å². The van der Waals surface area contributed by atoms with Gasteiger partial charge in [-0.1, -0.05) is 18.2 Å². The molecule has 0 bridgehead atoms. The summed E-state index contributed by atoms with van der Waals surface area (Å²) in [6.45, 7) is 3.68. The van der Waals surface area contributed by atoms with Crippen molar-refractivity contribution in [3.05, 3.63) is 30.3 Å². The lowest BCUT2D eigenvalue weighted by molar-refractivity contribution is -0.127. The van der Waals surface area contributed by atoms with Gasteiger partial charge in [0.2, 0.25) is 5.91 Å².